The molecule has 1 N–H and O–H groups in total. The lowest BCUT2D eigenvalue weighted by Gasteiger charge is -2.28. The van der Waals surface area contributed by atoms with E-state index in [-0.39, 0.29) is 0 Å². The molecule has 2 heterocycles. The lowest BCUT2D eigenvalue weighted by molar-refractivity contribution is 0.0949. The van der Waals surface area contributed by atoms with Crippen LogP contribution in [-0.4, -0.2) is 16.6 Å². The van der Waals surface area contributed by atoms with Crippen LogP contribution in [0.15, 0.2) is 47.1 Å². The summed E-state index contributed by atoms with van der Waals surface area (Å²) in [4.78, 5) is 9.47. The first kappa shape index (κ1) is 11.9. The first-order valence-corrected chi connectivity index (χ1v) is 7.20. The van der Waals surface area contributed by atoms with Gasteiger partial charge >= 0.3 is 7.82 Å². The summed E-state index contributed by atoms with van der Waals surface area (Å²) in [5.74, 6) is 0.814. The average Bonchev–Trinajstić information content (AvgIpc) is 2.89. The Labute approximate surface area is 104 Å². The standard InChI is InChI=1S/C12H13O5P/c13-18(14)16-11-5-1-2-7-12(11,17-18)8-6-10-4-3-9-15-10/h1-5,7,9,11H,6,8H2,(H,13,14). The number of furan rings is 1. The van der Waals surface area contributed by atoms with E-state index in [1.165, 1.54) is 0 Å². The molecule has 1 aromatic heterocycles. The van der Waals surface area contributed by atoms with Crippen molar-refractivity contribution in [2.45, 2.75) is 24.5 Å². The van der Waals surface area contributed by atoms with Crippen LogP contribution in [0.25, 0.3) is 0 Å². The first-order chi connectivity index (χ1) is 8.60. The molecule has 0 aromatic carbocycles. The molecule has 3 unspecified atom stereocenters. The Morgan fingerprint density at radius 3 is 3.11 bits per heavy atom. The highest BCUT2D eigenvalue weighted by atomic mass is 31.2. The Hall–Kier alpha value is -1.13. The molecular formula is C12H13O5P. The third-order valence-electron chi connectivity index (χ3n) is 3.13. The normalized spacial score (nSPS) is 37.9. The molecule has 1 aliphatic carbocycles. The maximum absolute atomic E-state index is 11.6. The van der Waals surface area contributed by atoms with Gasteiger partial charge in [-0.2, -0.15) is 0 Å². The van der Waals surface area contributed by atoms with Crippen LogP contribution in [0, 0.1) is 0 Å². The second-order valence-corrected chi connectivity index (χ2v) is 5.69. The molecule has 0 amide bonds. The van der Waals surface area contributed by atoms with Crippen molar-refractivity contribution in [2.24, 2.45) is 0 Å². The maximum atomic E-state index is 11.6. The van der Waals surface area contributed by atoms with Crippen LogP contribution >= 0.6 is 7.82 Å². The minimum Gasteiger partial charge on any atom is -0.469 e. The van der Waals surface area contributed by atoms with E-state index < -0.39 is 19.5 Å². The SMILES string of the molecule is O=P1(O)OC2C=CC=CC2(CCc2ccco2)O1. The number of phosphoric acid groups is 1. The van der Waals surface area contributed by atoms with Crippen molar-refractivity contribution in [1.82, 2.24) is 0 Å². The summed E-state index contributed by atoms with van der Waals surface area (Å²) in [5.41, 5.74) is -0.869. The van der Waals surface area contributed by atoms with E-state index in [9.17, 15) is 9.46 Å². The second kappa shape index (κ2) is 4.21. The van der Waals surface area contributed by atoms with Gasteiger partial charge in [-0.1, -0.05) is 18.2 Å². The van der Waals surface area contributed by atoms with E-state index in [1.54, 1.807) is 30.6 Å². The van der Waals surface area contributed by atoms with Gasteiger partial charge in [0.25, 0.3) is 0 Å². The van der Waals surface area contributed by atoms with E-state index in [1.807, 2.05) is 12.1 Å². The molecule has 3 rings (SSSR count). The number of aryl methyl sites for hydroxylation is 1. The molecule has 6 heteroatoms. The van der Waals surface area contributed by atoms with Crippen molar-refractivity contribution in [2.75, 3.05) is 0 Å². The maximum Gasteiger partial charge on any atom is 0.473 e. The van der Waals surface area contributed by atoms with Crippen LogP contribution in [0.4, 0.5) is 0 Å². The number of phosphoric ester groups is 1. The van der Waals surface area contributed by atoms with Crippen LogP contribution in [0.3, 0.4) is 0 Å². The smallest absolute Gasteiger partial charge is 0.469 e. The van der Waals surface area contributed by atoms with Crippen molar-refractivity contribution < 1.29 is 22.9 Å². The monoisotopic (exact) mass is 268 g/mol. The molecule has 0 saturated carbocycles. The van der Waals surface area contributed by atoms with E-state index in [0.717, 1.165) is 5.76 Å². The molecular weight excluding hydrogens is 255 g/mol. The van der Waals surface area contributed by atoms with Gasteiger partial charge in [-0.3, -0.25) is 9.05 Å². The number of allylic oxidation sites excluding steroid dienone is 2. The van der Waals surface area contributed by atoms with Crippen LogP contribution in [0.1, 0.15) is 12.2 Å². The molecule has 96 valence electrons. The predicted octanol–water partition coefficient (Wildman–Crippen LogP) is 2.59. The molecule has 1 saturated heterocycles. The lowest BCUT2D eigenvalue weighted by Crippen LogP contribution is -2.38. The summed E-state index contributed by atoms with van der Waals surface area (Å²) in [5, 5.41) is 0. The molecule has 3 atom stereocenters. The highest BCUT2D eigenvalue weighted by Gasteiger charge is 2.53. The Balaban J connectivity index is 1.81. The van der Waals surface area contributed by atoms with Gasteiger partial charge in [0.15, 0.2) is 0 Å². The van der Waals surface area contributed by atoms with Gasteiger partial charge in [0.1, 0.15) is 17.5 Å². The van der Waals surface area contributed by atoms with Gasteiger partial charge in [-0.15, -0.1) is 0 Å². The summed E-state index contributed by atoms with van der Waals surface area (Å²) in [7, 11) is -3.95. The van der Waals surface area contributed by atoms with Crippen LogP contribution in [0.2, 0.25) is 0 Å². The minimum atomic E-state index is -3.95. The fourth-order valence-electron chi connectivity index (χ4n) is 2.27. The zero-order chi connectivity index (χ0) is 12.6. The molecule has 0 spiro atoms. The van der Waals surface area contributed by atoms with Gasteiger partial charge in [0.05, 0.1) is 6.26 Å². The summed E-state index contributed by atoms with van der Waals surface area (Å²) in [6, 6.07) is 3.67. The van der Waals surface area contributed by atoms with E-state index >= 15 is 0 Å². The summed E-state index contributed by atoms with van der Waals surface area (Å²) in [6.45, 7) is 0. The third kappa shape index (κ3) is 2.10. The highest BCUT2D eigenvalue weighted by Crippen LogP contribution is 2.59. The van der Waals surface area contributed by atoms with Gasteiger partial charge in [0, 0.05) is 6.42 Å². The number of fused-ring (bicyclic) bond motifs is 1. The molecule has 0 radical (unpaired) electrons. The van der Waals surface area contributed by atoms with Crippen molar-refractivity contribution in [3.05, 3.63) is 48.5 Å². The molecule has 1 fully saturated rings. The Kier molecular flexibility index (Phi) is 2.79. The lowest BCUT2D eigenvalue weighted by atomic mass is 9.87. The zero-order valence-corrected chi connectivity index (χ0v) is 10.5. The summed E-state index contributed by atoms with van der Waals surface area (Å²) in [6.07, 6.45) is 9.31. The fourth-order valence-corrected chi connectivity index (χ4v) is 3.54. The van der Waals surface area contributed by atoms with Crippen LogP contribution < -0.4 is 0 Å². The first-order valence-electron chi connectivity index (χ1n) is 5.70. The Morgan fingerprint density at radius 2 is 2.33 bits per heavy atom. The average molecular weight is 268 g/mol. The van der Waals surface area contributed by atoms with Gasteiger partial charge in [-0.25, -0.2) is 4.57 Å². The minimum absolute atomic E-state index is 0.520. The number of hydrogen-bond donors (Lipinski definition) is 1. The Morgan fingerprint density at radius 1 is 1.44 bits per heavy atom. The number of hydrogen-bond acceptors (Lipinski definition) is 4. The largest absolute Gasteiger partial charge is 0.473 e. The van der Waals surface area contributed by atoms with E-state index in [2.05, 4.69) is 0 Å². The van der Waals surface area contributed by atoms with Gasteiger partial charge < -0.3 is 9.31 Å². The van der Waals surface area contributed by atoms with E-state index in [0.29, 0.717) is 12.8 Å². The predicted molar refractivity (Wildman–Crippen MR) is 63.8 cm³/mol. The molecule has 5 nitrogen and oxygen atoms in total. The van der Waals surface area contributed by atoms with Crippen molar-refractivity contribution in [1.29, 1.82) is 0 Å². The van der Waals surface area contributed by atoms with E-state index in [4.69, 9.17) is 13.5 Å². The van der Waals surface area contributed by atoms with Crippen molar-refractivity contribution in [3.8, 4) is 0 Å². The van der Waals surface area contributed by atoms with Crippen molar-refractivity contribution >= 4 is 7.82 Å². The quantitative estimate of drug-likeness (QED) is 0.853. The Bertz CT molecular complexity index is 533. The zero-order valence-electron chi connectivity index (χ0n) is 9.56. The summed E-state index contributed by atoms with van der Waals surface area (Å²) < 4.78 is 27.1. The number of rotatable bonds is 3. The molecule has 18 heavy (non-hydrogen) atoms. The molecule has 1 aliphatic heterocycles. The summed E-state index contributed by atoms with van der Waals surface area (Å²) >= 11 is 0. The van der Waals surface area contributed by atoms with Gasteiger partial charge in [-0.05, 0) is 24.6 Å². The molecule has 1 aromatic rings. The third-order valence-corrected chi connectivity index (χ3v) is 4.20. The van der Waals surface area contributed by atoms with Crippen molar-refractivity contribution in [3.63, 3.8) is 0 Å². The fraction of sp³-hybridized carbons (Fsp3) is 0.333. The molecule has 2 aliphatic rings. The van der Waals surface area contributed by atoms with Gasteiger partial charge in [0.2, 0.25) is 0 Å². The second-order valence-electron chi connectivity index (χ2n) is 4.36. The molecule has 0 bridgehead atoms. The van der Waals surface area contributed by atoms with Crippen LogP contribution in [0.5, 0.6) is 0 Å². The topological polar surface area (TPSA) is 68.9 Å². The highest BCUT2D eigenvalue weighted by molar-refractivity contribution is 7.47. The van der Waals surface area contributed by atoms with Crippen LogP contribution in [-0.2, 0) is 20.0 Å².